The molecule has 0 bridgehead atoms. The minimum atomic E-state index is -4.43. The standard InChI is InChI=1S/C25H26F3N5/c26-25(27,28)21-7-3-4-8-22(21)31-23-15-24(30-17-29-23)32-13-10-20(11-14-32)33-12-9-18-5-1-2-6-19(18)16-33/h1-8,15,17,20H,9-14,16H2,(H,29,30,31). The van der Waals surface area contributed by atoms with Crippen molar-refractivity contribution in [3.05, 3.63) is 77.6 Å². The molecule has 3 aromatic rings. The lowest BCUT2D eigenvalue weighted by Crippen LogP contribution is -2.46. The molecular weight excluding hydrogens is 427 g/mol. The van der Waals surface area contributed by atoms with E-state index in [9.17, 15) is 13.2 Å². The van der Waals surface area contributed by atoms with Crippen molar-refractivity contribution in [2.24, 2.45) is 0 Å². The quantitative estimate of drug-likeness (QED) is 0.583. The molecule has 0 amide bonds. The van der Waals surface area contributed by atoms with Gasteiger partial charge in [-0.1, -0.05) is 36.4 Å². The van der Waals surface area contributed by atoms with Crippen molar-refractivity contribution in [2.75, 3.05) is 29.9 Å². The molecule has 5 rings (SSSR count). The van der Waals surface area contributed by atoms with Crippen LogP contribution in [-0.4, -0.2) is 40.5 Å². The van der Waals surface area contributed by atoms with Crippen LogP contribution in [0.3, 0.4) is 0 Å². The number of hydrogen-bond donors (Lipinski definition) is 1. The number of nitrogens with zero attached hydrogens (tertiary/aromatic N) is 4. The molecule has 2 aromatic carbocycles. The van der Waals surface area contributed by atoms with E-state index in [2.05, 4.69) is 49.4 Å². The lowest BCUT2D eigenvalue weighted by Gasteiger charge is -2.41. The Morgan fingerprint density at radius 1 is 0.879 bits per heavy atom. The van der Waals surface area contributed by atoms with Gasteiger partial charge < -0.3 is 10.2 Å². The first-order valence-corrected chi connectivity index (χ1v) is 11.3. The van der Waals surface area contributed by atoms with Crippen molar-refractivity contribution in [2.45, 2.75) is 38.0 Å². The summed E-state index contributed by atoms with van der Waals surface area (Å²) in [4.78, 5) is 13.3. The third kappa shape index (κ3) is 4.80. The van der Waals surface area contributed by atoms with Crippen molar-refractivity contribution in [3.8, 4) is 0 Å². The van der Waals surface area contributed by atoms with Crippen LogP contribution in [0, 0.1) is 0 Å². The van der Waals surface area contributed by atoms with Crippen LogP contribution in [0.15, 0.2) is 60.9 Å². The van der Waals surface area contributed by atoms with Gasteiger partial charge in [0, 0.05) is 38.3 Å². The Hall–Kier alpha value is -3.13. The first-order valence-electron chi connectivity index (χ1n) is 11.3. The van der Waals surface area contributed by atoms with E-state index in [1.54, 1.807) is 12.1 Å². The number of anilines is 3. The first kappa shape index (κ1) is 21.7. The molecule has 1 N–H and O–H groups in total. The molecule has 0 saturated carbocycles. The van der Waals surface area contributed by atoms with Crippen LogP contribution in [0.5, 0.6) is 0 Å². The minimum absolute atomic E-state index is 0.0151. The molecular formula is C25H26F3N5. The molecule has 0 spiro atoms. The van der Waals surface area contributed by atoms with Crippen LogP contribution in [0.25, 0.3) is 0 Å². The number of alkyl halides is 3. The second kappa shape index (κ2) is 9.02. The van der Waals surface area contributed by atoms with E-state index >= 15 is 0 Å². The fourth-order valence-electron chi connectivity index (χ4n) is 4.85. The summed E-state index contributed by atoms with van der Waals surface area (Å²) >= 11 is 0. The predicted octanol–water partition coefficient (Wildman–Crippen LogP) is 5.27. The molecule has 0 aliphatic carbocycles. The molecule has 3 heterocycles. The fourth-order valence-corrected chi connectivity index (χ4v) is 4.85. The summed E-state index contributed by atoms with van der Waals surface area (Å²) in [5.74, 6) is 1.09. The molecule has 0 radical (unpaired) electrons. The highest BCUT2D eigenvalue weighted by Crippen LogP contribution is 2.36. The second-order valence-electron chi connectivity index (χ2n) is 8.64. The highest BCUT2D eigenvalue weighted by Gasteiger charge is 2.33. The van der Waals surface area contributed by atoms with E-state index in [0.717, 1.165) is 57.3 Å². The summed E-state index contributed by atoms with van der Waals surface area (Å²) in [5.41, 5.74) is 2.16. The van der Waals surface area contributed by atoms with Gasteiger partial charge in [0.1, 0.15) is 18.0 Å². The van der Waals surface area contributed by atoms with Crippen LogP contribution in [-0.2, 0) is 19.1 Å². The zero-order chi connectivity index (χ0) is 22.8. The molecule has 2 aliphatic rings. The van der Waals surface area contributed by atoms with Crippen molar-refractivity contribution >= 4 is 17.3 Å². The van der Waals surface area contributed by atoms with Gasteiger partial charge in [0.25, 0.3) is 0 Å². The van der Waals surface area contributed by atoms with E-state index < -0.39 is 11.7 Å². The maximum absolute atomic E-state index is 13.3. The van der Waals surface area contributed by atoms with Gasteiger partial charge in [-0.15, -0.1) is 0 Å². The molecule has 1 aromatic heterocycles. The number of halogens is 3. The highest BCUT2D eigenvalue weighted by atomic mass is 19.4. The lowest BCUT2D eigenvalue weighted by molar-refractivity contribution is -0.136. The average Bonchev–Trinajstić information content (AvgIpc) is 2.84. The number of fused-ring (bicyclic) bond motifs is 1. The summed E-state index contributed by atoms with van der Waals surface area (Å²) in [6.45, 7) is 3.81. The number of para-hydroxylation sites is 1. The summed E-state index contributed by atoms with van der Waals surface area (Å²) < 4.78 is 39.9. The Bertz CT molecular complexity index is 1110. The Labute approximate surface area is 191 Å². The molecule has 0 atom stereocenters. The van der Waals surface area contributed by atoms with E-state index in [4.69, 9.17) is 0 Å². The van der Waals surface area contributed by atoms with E-state index in [1.165, 1.54) is 29.6 Å². The zero-order valence-corrected chi connectivity index (χ0v) is 18.2. The van der Waals surface area contributed by atoms with Crippen molar-refractivity contribution in [1.29, 1.82) is 0 Å². The molecule has 1 saturated heterocycles. The second-order valence-corrected chi connectivity index (χ2v) is 8.64. The van der Waals surface area contributed by atoms with Crippen LogP contribution in [0.2, 0.25) is 0 Å². The fraction of sp³-hybridized carbons (Fsp3) is 0.360. The normalized spacial score (nSPS) is 17.6. The Morgan fingerprint density at radius 3 is 2.39 bits per heavy atom. The van der Waals surface area contributed by atoms with Crippen LogP contribution in [0.4, 0.5) is 30.5 Å². The number of aromatic nitrogens is 2. The van der Waals surface area contributed by atoms with Crippen molar-refractivity contribution in [1.82, 2.24) is 14.9 Å². The zero-order valence-electron chi connectivity index (χ0n) is 18.2. The van der Waals surface area contributed by atoms with Gasteiger partial charge in [0.15, 0.2) is 0 Å². The van der Waals surface area contributed by atoms with E-state index in [1.807, 2.05) is 0 Å². The Balaban J connectivity index is 1.23. The molecule has 5 nitrogen and oxygen atoms in total. The highest BCUT2D eigenvalue weighted by molar-refractivity contribution is 5.63. The minimum Gasteiger partial charge on any atom is -0.356 e. The maximum atomic E-state index is 13.3. The van der Waals surface area contributed by atoms with Gasteiger partial charge in [-0.05, 0) is 42.5 Å². The van der Waals surface area contributed by atoms with Gasteiger partial charge in [0.05, 0.1) is 11.3 Å². The number of rotatable bonds is 4. The Kier molecular flexibility index (Phi) is 5.93. The molecule has 0 unspecified atom stereocenters. The number of nitrogens with one attached hydrogen (secondary N) is 1. The molecule has 172 valence electrons. The van der Waals surface area contributed by atoms with Crippen molar-refractivity contribution in [3.63, 3.8) is 0 Å². The van der Waals surface area contributed by atoms with Crippen molar-refractivity contribution < 1.29 is 13.2 Å². The van der Waals surface area contributed by atoms with Gasteiger partial charge in [-0.2, -0.15) is 13.2 Å². The number of piperidine rings is 1. The monoisotopic (exact) mass is 453 g/mol. The number of benzene rings is 2. The SMILES string of the molecule is FC(F)(F)c1ccccc1Nc1cc(N2CCC(N3CCc4ccccc4C3)CC2)ncn1. The average molecular weight is 454 g/mol. The lowest BCUT2D eigenvalue weighted by atomic mass is 9.95. The van der Waals surface area contributed by atoms with Crippen LogP contribution >= 0.6 is 0 Å². The molecule has 1 fully saturated rings. The largest absolute Gasteiger partial charge is 0.418 e. The predicted molar refractivity (Wildman–Crippen MR) is 123 cm³/mol. The topological polar surface area (TPSA) is 44.3 Å². The first-order chi connectivity index (χ1) is 16.0. The van der Waals surface area contributed by atoms with E-state index in [0.29, 0.717) is 11.9 Å². The molecule has 2 aliphatic heterocycles. The van der Waals surface area contributed by atoms with Crippen LogP contribution in [0.1, 0.15) is 29.5 Å². The summed E-state index contributed by atoms with van der Waals surface area (Å²) in [6.07, 6.45) is 0.131. The smallest absolute Gasteiger partial charge is 0.356 e. The summed E-state index contributed by atoms with van der Waals surface area (Å²) in [7, 11) is 0. The van der Waals surface area contributed by atoms with Gasteiger partial charge >= 0.3 is 6.18 Å². The van der Waals surface area contributed by atoms with E-state index in [-0.39, 0.29) is 5.69 Å². The number of hydrogen-bond acceptors (Lipinski definition) is 5. The van der Waals surface area contributed by atoms with Gasteiger partial charge in [0.2, 0.25) is 0 Å². The maximum Gasteiger partial charge on any atom is 0.418 e. The summed E-state index contributed by atoms with van der Waals surface area (Å²) in [6, 6.07) is 16.4. The third-order valence-corrected chi connectivity index (χ3v) is 6.61. The van der Waals surface area contributed by atoms with Crippen LogP contribution < -0.4 is 10.2 Å². The van der Waals surface area contributed by atoms with Gasteiger partial charge in [-0.3, -0.25) is 4.90 Å². The summed E-state index contributed by atoms with van der Waals surface area (Å²) in [5, 5.41) is 2.82. The molecule has 33 heavy (non-hydrogen) atoms. The van der Waals surface area contributed by atoms with Gasteiger partial charge in [-0.25, -0.2) is 9.97 Å². The molecule has 8 heteroatoms. The third-order valence-electron chi connectivity index (χ3n) is 6.61. The Morgan fingerprint density at radius 2 is 1.61 bits per heavy atom.